The van der Waals surface area contributed by atoms with E-state index in [0.29, 0.717) is 5.82 Å². The van der Waals surface area contributed by atoms with Crippen LogP contribution in [0.3, 0.4) is 0 Å². The van der Waals surface area contributed by atoms with Crippen molar-refractivity contribution in [2.45, 2.75) is 24.2 Å². The molecule has 0 unspecified atom stereocenters. The number of hydrogen-bond acceptors (Lipinski definition) is 6. The fraction of sp³-hybridized carbons (Fsp3) is 0.727. The third-order valence-electron chi connectivity index (χ3n) is 3.01. The van der Waals surface area contributed by atoms with E-state index in [4.69, 9.17) is 5.73 Å². The van der Waals surface area contributed by atoms with Gasteiger partial charge < -0.3 is 16.0 Å². The fourth-order valence-electron chi connectivity index (χ4n) is 2.11. The third-order valence-corrected chi connectivity index (χ3v) is 4.78. The van der Waals surface area contributed by atoms with Gasteiger partial charge >= 0.3 is 0 Å². The molecule has 96 valence electrons. The van der Waals surface area contributed by atoms with Crippen molar-refractivity contribution in [2.24, 2.45) is 0 Å². The summed E-state index contributed by atoms with van der Waals surface area (Å²) in [6.45, 7) is 4.77. The van der Waals surface area contributed by atoms with Crippen molar-refractivity contribution < 1.29 is 0 Å². The Kier molecular flexibility index (Phi) is 4.94. The monoisotopic (exact) mass is 272 g/mol. The zero-order valence-corrected chi connectivity index (χ0v) is 11.9. The van der Waals surface area contributed by atoms with Crippen LogP contribution in [0.2, 0.25) is 0 Å². The average Bonchev–Trinajstić information content (AvgIpc) is 2.94. The lowest BCUT2D eigenvalue weighted by Crippen LogP contribution is -2.22. The first-order valence-electron chi connectivity index (χ1n) is 6.06. The normalized spacial score (nSPS) is 16.5. The molecule has 1 aliphatic rings. The minimum absolute atomic E-state index is 0.657. The van der Waals surface area contributed by atoms with E-state index in [1.165, 1.54) is 50.4 Å². The van der Waals surface area contributed by atoms with E-state index in [1.54, 1.807) is 11.8 Å². The Labute approximate surface area is 111 Å². The lowest BCUT2D eigenvalue weighted by molar-refractivity contribution is 0.337. The number of nitrogens with one attached hydrogen (secondary N) is 1. The molecule has 0 aliphatic carbocycles. The Morgan fingerprint density at radius 2 is 2.24 bits per heavy atom. The maximum Gasteiger partial charge on any atom is 0.153 e. The predicted molar refractivity (Wildman–Crippen MR) is 77.1 cm³/mol. The molecule has 2 rings (SSSR count). The van der Waals surface area contributed by atoms with Crippen molar-refractivity contribution >= 4 is 34.1 Å². The van der Waals surface area contributed by atoms with E-state index in [-0.39, 0.29) is 0 Å². The molecule has 0 spiro atoms. The molecule has 6 heteroatoms. The summed E-state index contributed by atoms with van der Waals surface area (Å²) in [4.78, 5) is 3.63. The van der Waals surface area contributed by atoms with Crippen LogP contribution in [0.5, 0.6) is 0 Å². The minimum Gasteiger partial charge on any atom is -0.382 e. The number of aromatic nitrogens is 1. The van der Waals surface area contributed by atoms with E-state index >= 15 is 0 Å². The molecule has 2 heterocycles. The number of anilines is 2. The van der Waals surface area contributed by atoms with Crippen LogP contribution in [-0.4, -0.2) is 41.7 Å². The molecule has 0 aromatic carbocycles. The van der Waals surface area contributed by atoms with Crippen molar-refractivity contribution in [1.29, 1.82) is 0 Å². The molecule has 4 nitrogen and oxygen atoms in total. The molecule has 1 fully saturated rings. The van der Waals surface area contributed by atoms with Gasteiger partial charge in [0.2, 0.25) is 0 Å². The Morgan fingerprint density at radius 1 is 1.47 bits per heavy atom. The summed E-state index contributed by atoms with van der Waals surface area (Å²) in [6, 6.07) is 0. The fourth-order valence-corrected chi connectivity index (χ4v) is 3.68. The van der Waals surface area contributed by atoms with Gasteiger partial charge in [0.25, 0.3) is 0 Å². The molecule has 1 aromatic rings. The highest BCUT2D eigenvalue weighted by atomic mass is 32.2. The van der Waals surface area contributed by atoms with Crippen molar-refractivity contribution in [3.8, 4) is 0 Å². The summed E-state index contributed by atoms with van der Waals surface area (Å²) < 4.78 is 4.17. The first-order chi connectivity index (χ1) is 8.31. The molecular formula is C11H20N4S2. The van der Waals surface area contributed by atoms with Crippen molar-refractivity contribution in [3.05, 3.63) is 0 Å². The van der Waals surface area contributed by atoms with Crippen LogP contribution < -0.4 is 11.1 Å². The van der Waals surface area contributed by atoms with Crippen LogP contribution in [0.15, 0.2) is 4.90 Å². The molecule has 3 N–H and O–H groups in total. The number of likely N-dealkylation sites (tertiary alicyclic amines) is 1. The molecule has 0 radical (unpaired) electrons. The third kappa shape index (κ3) is 3.50. The predicted octanol–water partition coefficient (Wildman–Crippen LogP) is 2.35. The van der Waals surface area contributed by atoms with Gasteiger partial charge in [-0.3, -0.25) is 0 Å². The number of hydrogen-bond donors (Lipinski definition) is 2. The average molecular weight is 272 g/mol. The summed E-state index contributed by atoms with van der Waals surface area (Å²) in [5.74, 6) is 0.657. The zero-order valence-electron chi connectivity index (χ0n) is 10.2. The number of nitrogen functional groups attached to an aromatic ring is 1. The van der Waals surface area contributed by atoms with Gasteiger partial charge in [0, 0.05) is 6.54 Å². The van der Waals surface area contributed by atoms with Crippen LogP contribution in [0, 0.1) is 0 Å². The quantitative estimate of drug-likeness (QED) is 0.615. The maximum absolute atomic E-state index is 5.79. The summed E-state index contributed by atoms with van der Waals surface area (Å²) >= 11 is 3.12. The van der Waals surface area contributed by atoms with Crippen molar-refractivity contribution in [3.63, 3.8) is 0 Å². The zero-order chi connectivity index (χ0) is 12.1. The molecule has 0 bridgehead atoms. The van der Waals surface area contributed by atoms with E-state index in [1.807, 2.05) is 6.26 Å². The van der Waals surface area contributed by atoms with Crippen LogP contribution >= 0.6 is 23.3 Å². The highest BCUT2D eigenvalue weighted by Crippen LogP contribution is 2.34. The van der Waals surface area contributed by atoms with Crippen LogP contribution in [0.25, 0.3) is 0 Å². The Hall–Kier alpha value is -0.460. The number of nitrogens with two attached hydrogens (primary N) is 1. The second-order valence-corrected chi connectivity index (χ2v) is 5.85. The Balaban J connectivity index is 1.70. The molecule has 0 atom stereocenters. The first-order valence-corrected chi connectivity index (χ1v) is 8.06. The Morgan fingerprint density at radius 3 is 2.94 bits per heavy atom. The highest BCUT2D eigenvalue weighted by molar-refractivity contribution is 7.99. The number of rotatable bonds is 6. The van der Waals surface area contributed by atoms with E-state index in [9.17, 15) is 0 Å². The van der Waals surface area contributed by atoms with Crippen LogP contribution in [-0.2, 0) is 0 Å². The molecule has 1 saturated heterocycles. The second kappa shape index (κ2) is 6.47. The number of thioether (sulfide) groups is 1. The largest absolute Gasteiger partial charge is 0.382 e. The van der Waals surface area contributed by atoms with Gasteiger partial charge in [-0.15, -0.1) is 11.8 Å². The maximum atomic E-state index is 5.79. The number of nitrogens with zero attached hydrogens (tertiary/aromatic N) is 2. The van der Waals surface area contributed by atoms with Gasteiger partial charge in [0.1, 0.15) is 5.00 Å². The topological polar surface area (TPSA) is 54.2 Å². The van der Waals surface area contributed by atoms with E-state index < -0.39 is 0 Å². The lowest BCUT2D eigenvalue weighted by atomic mass is 10.4. The van der Waals surface area contributed by atoms with Crippen molar-refractivity contribution in [1.82, 2.24) is 9.27 Å². The van der Waals surface area contributed by atoms with Gasteiger partial charge in [-0.2, -0.15) is 4.37 Å². The van der Waals surface area contributed by atoms with Gasteiger partial charge in [-0.25, -0.2) is 0 Å². The van der Waals surface area contributed by atoms with E-state index in [2.05, 4.69) is 14.6 Å². The summed E-state index contributed by atoms with van der Waals surface area (Å²) in [6.07, 6.45) is 5.96. The molecule has 0 amide bonds. The second-order valence-electron chi connectivity index (χ2n) is 4.26. The molecule has 0 saturated carbocycles. The molecule has 17 heavy (non-hydrogen) atoms. The molecule has 1 aromatic heterocycles. The van der Waals surface area contributed by atoms with Crippen LogP contribution in [0.4, 0.5) is 10.8 Å². The van der Waals surface area contributed by atoms with Gasteiger partial charge in [0.05, 0.1) is 4.90 Å². The van der Waals surface area contributed by atoms with Crippen molar-refractivity contribution in [2.75, 3.05) is 43.5 Å². The lowest BCUT2D eigenvalue weighted by Gasteiger charge is -2.14. The smallest absolute Gasteiger partial charge is 0.153 e. The SMILES string of the molecule is CSc1c(N)nsc1NCCCN1CCCC1. The summed E-state index contributed by atoms with van der Waals surface area (Å²) in [5, 5.41) is 4.56. The molecule has 1 aliphatic heterocycles. The van der Waals surface area contributed by atoms with Gasteiger partial charge in [-0.05, 0) is 56.7 Å². The standard InChI is InChI=1S/C11H20N4S2/c1-16-9-10(12)14-17-11(9)13-5-4-8-15-6-2-3-7-15/h13H,2-8H2,1H3,(H2,12,14). The van der Waals surface area contributed by atoms with Gasteiger partial charge in [-0.1, -0.05) is 0 Å². The minimum atomic E-state index is 0.657. The van der Waals surface area contributed by atoms with Crippen LogP contribution in [0.1, 0.15) is 19.3 Å². The Bertz CT molecular complexity index is 347. The highest BCUT2D eigenvalue weighted by Gasteiger charge is 2.12. The van der Waals surface area contributed by atoms with Gasteiger partial charge in [0.15, 0.2) is 5.82 Å². The van der Waals surface area contributed by atoms with E-state index in [0.717, 1.165) is 16.4 Å². The summed E-state index contributed by atoms with van der Waals surface area (Å²) in [7, 11) is 0. The first kappa shape index (κ1) is 13.0. The summed E-state index contributed by atoms with van der Waals surface area (Å²) in [5.41, 5.74) is 5.79. The molecular weight excluding hydrogens is 252 g/mol.